The van der Waals surface area contributed by atoms with Crippen LogP contribution in [0.2, 0.25) is 0 Å². The molecule has 0 radical (unpaired) electrons. The Morgan fingerprint density at radius 2 is 1.89 bits per heavy atom. The number of aromatic nitrogens is 2. The van der Waals surface area contributed by atoms with Gasteiger partial charge in [0.1, 0.15) is 16.9 Å². The Morgan fingerprint density at radius 3 is 2.54 bits per heavy atom. The van der Waals surface area contributed by atoms with E-state index in [1.54, 1.807) is 6.07 Å². The van der Waals surface area contributed by atoms with E-state index in [2.05, 4.69) is 27.5 Å². The Bertz CT molecular complexity index is 1040. The molecule has 0 aliphatic rings. The van der Waals surface area contributed by atoms with E-state index < -0.39 is 5.91 Å². The van der Waals surface area contributed by atoms with Crippen LogP contribution in [0.1, 0.15) is 34.5 Å². The molecule has 146 valence electrons. The van der Waals surface area contributed by atoms with E-state index in [4.69, 9.17) is 0 Å². The lowest BCUT2D eigenvalue weighted by atomic mass is 10.1. The first-order valence-corrected chi connectivity index (χ1v) is 9.14. The fourth-order valence-electron chi connectivity index (χ4n) is 2.87. The van der Waals surface area contributed by atoms with E-state index >= 15 is 0 Å². The van der Waals surface area contributed by atoms with Crippen molar-refractivity contribution < 1.29 is 4.79 Å². The van der Waals surface area contributed by atoms with Crippen LogP contribution in [0, 0.1) is 0 Å². The first-order chi connectivity index (χ1) is 13.4. The zero-order valence-electron chi connectivity index (χ0n) is 16.5. The maximum Gasteiger partial charge on any atom is 0.257 e. The molecule has 1 unspecified atom stereocenters. The SMILES string of the molecule is CNC(C)c1ccc(CNC(=O)c2c[nH]c3ccc(N(C)C)nc3c2=O)cc1. The standard InChI is InChI=1S/C21H25N5O2/c1-13(22-2)15-7-5-14(6-8-15)11-24-21(28)16-12-23-17-9-10-18(26(3)4)25-19(17)20(16)27/h5-10,12-13,22H,11H2,1-4H3,(H,23,27)(H,24,28). The van der Waals surface area contributed by atoms with Gasteiger partial charge in [0.2, 0.25) is 5.43 Å². The number of carbonyl (C=O) groups excluding carboxylic acids is 1. The summed E-state index contributed by atoms with van der Waals surface area (Å²) in [6.07, 6.45) is 1.44. The summed E-state index contributed by atoms with van der Waals surface area (Å²) in [6.45, 7) is 2.42. The highest BCUT2D eigenvalue weighted by Crippen LogP contribution is 2.14. The first kappa shape index (κ1) is 19.6. The average Bonchev–Trinajstić information content (AvgIpc) is 2.71. The second-order valence-electron chi connectivity index (χ2n) is 6.93. The van der Waals surface area contributed by atoms with Gasteiger partial charge in [0.15, 0.2) is 0 Å². The highest BCUT2D eigenvalue weighted by atomic mass is 16.2. The van der Waals surface area contributed by atoms with Crippen molar-refractivity contribution in [3.63, 3.8) is 0 Å². The largest absolute Gasteiger partial charge is 0.363 e. The highest BCUT2D eigenvalue weighted by Gasteiger charge is 2.14. The number of hydrogen-bond donors (Lipinski definition) is 3. The molecule has 7 heteroatoms. The van der Waals surface area contributed by atoms with Crippen LogP contribution in [0.3, 0.4) is 0 Å². The summed E-state index contributed by atoms with van der Waals surface area (Å²) >= 11 is 0. The third-order valence-corrected chi connectivity index (χ3v) is 4.78. The van der Waals surface area contributed by atoms with Crippen LogP contribution in [-0.4, -0.2) is 37.0 Å². The minimum absolute atomic E-state index is 0.0522. The third-order valence-electron chi connectivity index (χ3n) is 4.78. The van der Waals surface area contributed by atoms with Gasteiger partial charge in [-0.3, -0.25) is 9.59 Å². The maximum absolute atomic E-state index is 12.7. The number of pyridine rings is 2. The molecular weight excluding hydrogens is 354 g/mol. The lowest BCUT2D eigenvalue weighted by Crippen LogP contribution is -2.29. The summed E-state index contributed by atoms with van der Waals surface area (Å²) in [5, 5.41) is 6.00. The van der Waals surface area contributed by atoms with Gasteiger partial charge < -0.3 is 20.5 Å². The summed E-state index contributed by atoms with van der Waals surface area (Å²) in [5.41, 5.74) is 2.66. The fraction of sp³-hybridized carbons (Fsp3) is 0.286. The Hall–Kier alpha value is -3.19. The highest BCUT2D eigenvalue weighted by molar-refractivity contribution is 5.96. The van der Waals surface area contributed by atoms with Gasteiger partial charge in [-0.05, 0) is 37.2 Å². The maximum atomic E-state index is 12.7. The van der Waals surface area contributed by atoms with Gasteiger partial charge in [0.25, 0.3) is 5.91 Å². The molecule has 0 aliphatic carbocycles. The molecule has 0 spiro atoms. The number of aromatic amines is 1. The summed E-state index contributed by atoms with van der Waals surface area (Å²) in [7, 11) is 5.61. The molecule has 2 aromatic heterocycles. The number of anilines is 1. The van der Waals surface area contributed by atoms with Gasteiger partial charge in [0, 0.05) is 32.9 Å². The first-order valence-electron chi connectivity index (χ1n) is 9.14. The van der Waals surface area contributed by atoms with Crippen LogP contribution in [0.4, 0.5) is 5.82 Å². The summed E-state index contributed by atoms with van der Waals surface area (Å²) in [5.74, 6) is 0.235. The van der Waals surface area contributed by atoms with Crippen molar-refractivity contribution >= 4 is 22.8 Å². The molecule has 7 nitrogen and oxygen atoms in total. The van der Waals surface area contributed by atoms with Gasteiger partial charge in [-0.25, -0.2) is 4.98 Å². The number of fused-ring (bicyclic) bond motifs is 1. The summed E-state index contributed by atoms with van der Waals surface area (Å²) in [4.78, 5) is 34.4. The molecule has 0 saturated carbocycles. The number of hydrogen-bond acceptors (Lipinski definition) is 5. The molecule has 0 bridgehead atoms. The van der Waals surface area contributed by atoms with Gasteiger partial charge in [-0.2, -0.15) is 0 Å². The molecule has 0 aliphatic heterocycles. The predicted molar refractivity (Wildman–Crippen MR) is 112 cm³/mol. The van der Waals surface area contributed by atoms with Crippen LogP contribution in [0.15, 0.2) is 47.4 Å². The van der Waals surface area contributed by atoms with Gasteiger partial charge >= 0.3 is 0 Å². The monoisotopic (exact) mass is 379 g/mol. The van der Waals surface area contributed by atoms with Crippen LogP contribution < -0.4 is 21.0 Å². The Labute approximate surface area is 163 Å². The molecule has 1 amide bonds. The second kappa shape index (κ2) is 8.22. The predicted octanol–water partition coefficient (Wildman–Crippen LogP) is 2.20. The van der Waals surface area contributed by atoms with E-state index in [0.29, 0.717) is 17.9 Å². The minimum atomic E-state index is -0.423. The topological polar surface area (TPSA) is 90.1 Å². The van der Waals surface area contributed by atoms with Crippen molar-refractivity contribution in [1.29, 1.82) is 0 Å². The zero-order chi connectivity index (χ0) is 20.3. The smallest absolute Gasteiger partial charge is 0.257 e. The molecule has 3 aromatic rings. The molecule has 28 heavy (non-hydrogen) atoms. The molecule has 1 aromatic carbocycles. The van der Waals surface area contributed by atoms with Crippen molar-refractivity contribution in [2.24, 2.45) is 0 Å². The van der Waals surface area contributed by atoms with Crippen LogP contribution in [0.5, 0.6) is 0 Å². The average molecular weight is 379 g/mol. The van der Waals surface area contributed by atoms with Crippen molar-refractivity contribution in [3.8, 4) is 0 Å². The Morgan fingerprint density at radius 1 is 1.18 bits per heavy atom. The van der Waals surface area contributed by atoms with Gasteiger partial charge in [-0.1, -0.05) is 24.3 Å². The Balaban J connectivity index is 1.78. The van der Waals surface area contributed by atoms with E-state index in [0.717, 1.165) is 5.56 Å². The Kier molecular flexibility index (Phi) is 5.75. The molecule has 1 atom stereocenters. The van der Waals surface area contributed by atoms with E-state index in [9.17, 15) is 9.59 Å². The van der Waals surface area contributed by atoms with Gasteiger partial charge in [0.05, 0.1) is 5.52 Å². The molecule has 3 rings (SSSR count). The van der Waals surface area contributed by atoms with E-state index in [1.165, 1.54) is 11.8 Å². The number of rotatable bonds is 6. The van der Waals surface area contributed by atoms with Crippen molar-refractivity contribution in [3.05, 3.63) is 69.5 Å². The van der Waals surface area contributed by atoms with Crippen molar-refractivity contribution in [2.75, 3.05) is 26.0 Å². The number of benzene rings is 1. The van der Waals surface area contributed by atoms with Crippen LogP contribution >= 0.6 is 0 Å². The van der Waals surface area contributed by atoms with Crippen LogP contribution in [-0.2, 0) is 6.54 Å². The summed E-state index contributed by atoms with van der Waals surface area (Å²) in [6, 6.07) is 11.9. The molecular formula is C21H25N5O2. The van der Waals surface area contributed by atoms with Crippen molar-refractivity contribution in [1.82, 2.24) is 20.6 Å². The zero-order valence-corrected chi connectivity index (χ0v) is 16.5. The van der Waals surface area contributed by atoms with Gasteiger partial charge in [-0.15, -0.1) is 0 Å². The van der Waals surface area contributed by atoms with Crippen LogP contribution in [0.25, 0.3) is 11.0 Å². The number of H-pyrrole nitrogens is 1. The molecule has 2 heterocycles. The minimum Gasteiger partial charge on any atom is -0.363 e. The van der Waals surface area contributed by atoms with Crippen molar-refractivity contribution in [2.45, 2.75) is 19.5 Å². The number of carbonyl (C=O) groups is 1. The number of nitrogens with one attached hydrogen (secondary N) is 3. The molecule has 3 N–H and O–H groups in total. The van der Waals surface area contributed by atoms with E-state index in [-0.39, 0.29) is 22.6 Å². The number of amides is 1. The lowest BCUT2D eigenvalue weighted by molar-refractivity contribution is 0.0949. The third kappa shape index (κ3) is 4.04. The fourth-order valence-corrected chi connectivity index (χ4v) is 2.87. The summed E-state index contributed by atoms with van der Waals surface area (Å²) < 4.78 is 0. The quantitative estimate of drug-likeness (QED) is 0.611. The number of nitrogens with zero attached hydrogens (tertiary/aromatic N) is 2. The second-order valence-corrected chi connectivity index (χ2v) is 6.93. The normalized spacial score (nSPS) is 12.0. The van der Waals surface area contributed by atoms with E-state index in [1.807, 2.05) is 56.4 Å². The molecule has 0 fully saturated rings. The lowest BCUT2D eigenvalue weighted by Gasteiger charge is -2.12. The molecule has 0 saturated heterocycles.